The Morgan fingerprint density at radius 3 is 2.03 bits per heavy atom. The number of amides is 2. The molecule has 3 nitrogen and oxygen atoms in total. The summed E-state index contributed by atoms with van der Waals surface area (Å²) in [5.41, 5.74) is 1.12. The minimum absolute atomic E-state index is 0.121. The van der Waals surface area contributed by atoms with E-state index in [0.29, 0.717) is 29.5 Å². The molecule has 0 unspecified atom stereocenters. The largest absolute Gasteiger partial charge is 0.274 e. The fourth-order valence-electron chi connectivity index (χ4n) is 4.72. The summed E-state index contributed by atoms with van der Waals surface area (Å²) < 4.78 is 0. The summed E-state index contributed by atoms with van der Waals surface area (Å²) >= 11 is 1.95. The van der Waals surface area contributed by atoms with Crippen LogP contribution in [0.25, 0.3) is 10.8 Å². The van der Waals surface area contributed by atoms with Crippen molar-refractivity contribution in [3.63, 3.8) is 0 Å². The Hall–Kier alpha value is -2.59. The van der Waals surface area contributed by atoms with Crippen molar-refractivity contribution >= 4 is 34.3 Å². The number of thioether (sulfide) groups is 1. The van der Waals surface area contributed by atoms with Crippen molar-refractivity contribution in [3.8, 4) is 0 Å². The number of rotatable bonds is 5. The van der Waals surface area contributed by atoms with Crippen molar-refractivity contribution in [2.75, 3.05) is 12.3 Å². The van der Waals surface area contributed by atoms with E-state index in [-0.39, 0.29) is 11.8 Å². The van der Waals surface area contributed by atoms with Gasteiger partial charge in [0.25, 0.3) is 11.8 Å². The van der Waals surface area contributed by atoms with Gasteiger partial charge in [0, 0.05) is 17.2 Å². The Labute approximate surface area is 181 Å². The maximum absolute atomic E-state index is 12.6. The van der Waals surface area contributed by atoms with Crippen LogP contribution in [0.4, 0.5) is 0 Å². The van der Waals surface area contributed by atoms with Crippen LogP contribution >= 0.6 is 11.8 Å². The van der Waals surface area contributed by atoms with Gasteiger partial charge in [-0.3, -0.25) is 14.5 Å². The number of imide groups is 1. The summed E-state index contributed by atoms with van der Waals surface area (Å²) in [6, 6.07) is 22.4. The molecule has 1 fully saturated rings. The van der Waals surface area contributed by atoms with Crippen molar-refractivity contribution in [2.24, 2.45) is 11.8 Å². The number of hydrogen-bond acceptors (Lipinski definition) is 3. The van der Waals surface area contributed by atoms with Gasteiger partial charge < -0.3 is 0 Å². The van der Waals surface area contributed by atoms with E-state index >= 15 is 0 Å². The lowest BCUT2D eigenvalue weighted by molar-refractivity contribution is 0.0612. The quantitative estimate of drug-likeness (QED) is 0.377. The van der Waals surface area contributed by atoms with Gasteiger partial charge in [-0.05, 0) is 72.6 Å². The predicted octanol–water partition coefficient (Wildman–Crippen LogP) is 6.03. The minimum atomic E-state index is -0.121. The van der Waals surface area contributed by atoms with E-state index in [0.717, 1.165) is 18.6 Å². The van der Waals surface area contributed by atoms with Crippen LogP contribution < -0.4 is 0 Å². The zero-order valence-electron chi connectivity index (χ0n) is 16.9. The highest BCUT2D eigenvalue weighted by molar-refractivity contribution is 7.99. The molecule has 0 N–H and O–H groups in total. The van der Waals surface area contributed by atoms with Crippen LogP contribution in [0.2, 0.25) is 0 Å². The molecule has 1 saturated carbocycles. The van der Waals surface area contributed by atoms with E-state index in [1.807, 2.05) is 23.9 Å². The molecule has 1 heterocycles. The molecule has 5 rings (SSSR count). The van der Waals surface area contributed by atoms with Crippen LogP contribution in [0.1, 0.15) is 46.4 Å². The first kappa shape index (κ1) is 19.4. The van der Waals surface area contributed by atoms with Crippen molar-refractivity contribution in [1.82, 2.24) is 4.90 Å². The SMILES string of the molecule is O=C1c2ccccc2C(=O)N1CC1CCC(CSc2ccc3ccccc3c2)CC1. The third-order valence-corrected chi connectivity index (χ3v) is 7.72. The third kappa shape index (κ3) is 3.77. The number of nitrogens with zero attached hydrogens (tertiary/aromatic N) is 1. The lowest BCUT2D eigenvalue weighted by Gasteiger charge is -2.30. The van der Waals surface area contributed by atoms with Gasteiger partial charge in [0.05, 0.1) is 11.1 Å². The number of hydrogen-bond donors (Lipinski definition) is 0. The van der Waals surface area contributed by atoms with Crippen LogP contribution in [0, 0.1) is 11.8 Å². The summed E-state index contributed by atoms with van der Waals surface area (Å²) in [5, 5.41) is 2.59. The molecule has 0 saturated heterocycles. The third-order valence-electron chi connectivity index (χ3n) is 6.49. The molecule has 3 aromatic carbocycles. The highest BCUT2D eigenvalue weighted by atomic mass is 32.2. The van der Waals surface area contributed by atoms with Gasteiger partial charge in [-0.2, -0.15) is 0 Å². The molecule has 0 aromatic heterocycles. The number of fused-ring (bicyclic) bond motifs is 2. The van der Waals surface area contributed by atoms with Crippen LogP contribution in [0.3, 0.4) is 0 Å². The van der Waals surface area contributed by atoms with Crippen LogP contribution in [0.15, 0.2) is 71.6 Å². The summed E-state index contributed by atoms with van der Waals surface area (Å²) in [7, 11) is 0. The molecular weight excluding hydrogens is 390 g/mol. The molecule has 0 radical (unpaired) electrons. The first-order valence-electron chi connectivity index (χ1n) is 10.8. The molecule has 152 valence electrons. The number of carbonyl (C=O) groups is 2. The number of benzene rings is 3. The van der Waals surface area contributed by atoms with Gasteiger partial charge in [-0.15, -0.1) is 11.8 Å². The summed E-state index contributed by atoms with van der Waals surface area (Å²) in [4.78, 5) is 28.0. The molecule has 2 amide bonds. The Balaban J connectivity index is 1.13. The van der Waals surface area contributed by atoms with Crippen LogP contribution in [-0.4, -0.2) is 29.0 Å². The second-order valence-corrected chi connectivity index (χ2v) is 9.57. The highest BCUT2D eigenvalue weighted by Gasteiger charge is 2.36. The molecule has 2 aliphatic rings. The fraction of sp³-hybridized carbons (Fsp3) is 0.308. The van der Waals surface area contributed by atoms with E-state index in [4.69, 9.17) is 0 Å². The Kier molecular flexibility index (Phi) is 5.34. The smallest absolute Gasteiger partial charge is 0.261 e. The van der Waals surface area contributed by atoms with E-state index in [2.05, 4.69) is 42.5 Å². The topological polar surface area (TPSA) is 37.4 Å². The molecule has 0 spiro atoms. The highest BCUT2D eigenvalue weighted by Crippen LogP contribution is 2.35. The second-order valence-electron chi connectivity index (χ2n) is 8.47. The molecule has 4 heteroatoms. The van der Waals surface area contributed by atoms with Gasteiger partial charge in [-0.1, -0.05) is 42.5 Å². The summed E-state index contributed by atoms with van der Waals surface area (Å²) in [6.45, 7) is 0.566. The Morgan fingerprint density at radius 1 is 0.733 bits per heavy atom. The standard InChI is InChI=1S/C26H25NO2S/c28-25-23-7-3-4-8-24(23)26(29)27(25)16-18-9-11-19(12-10-18)17-30-22-14-13-20-5-1-2-6-21(20)15-22/h1-8,13-15,18-19H,9-12,16-17H2. The lowest BCUT2D eigenvalue weighted by Crippen LogP contribution is -2.36. The van der Waals surface area contributed by atoms with E-state index in [1.54, 1.807) is 12.1 Å². The van der Waals surface area contributed by atoms with Gasteiger partial charge in [0.15, 0.2) is 0 Å². The summed E-state index contributed by atoms with van der Waals surface area (Å²) in [6.07, 6.45) is 4.54. The lowest BCUT2D eigenvalue weighted by atomic mass is 9.82. The first-order valence-corrected chi connectivity index (χ1v) is 11.7. The van der Waals surface area contributed by atoms with Crippen molar-refractivity contribution < 1.29 is 9.59 Å². The normalized spacial score (nSPS) is 21.3. The van der Waals surface area contributed by atoms with Gasteiger partial charge in [0.1, 0.15) is 0 Å². The Morgan fingerprint density at radius 2 is 1.33 bits per heavy atom. The molecule has 0 atom stereocenters. The molecule has 3 aromatic rings. The first-order chi connectivity index (χ1) is 14.7. The van der Waals surface area contributed by atoms with E-state index in [1.165, 1.54) is 33.4 Å². The molecular formula is C26H25NO2S. The molecule has 1 aliphatic heterocycles. The molecule has 1 aliphatic carbocycles. The average Bonchev–Trinajstić information content (AvgIpc) is 3.03. The molecule has 0 bridgehead atoms. The molecule has 30 heavy (non-hydrogen) atoms. The van der Waals surface area contributed by atoms with Gasteiger partial charge in [0.2, 0.25) is 0 Å². The maximum Gasteiger partial charge on any atom is 0.261 e. The van der Waals surface area contributed by atoms with E-state index in [9.17, 15) is 9.59 Å². The second kappa shape index (κ2) is 8.27. The summed E-state index contributed by atoms with van der Waals surface area (Å²) in [5.74, 6) is 2.03. The zero-order chi connectivity index (χ0) is 20.5. The van der Waals surface area contributed by atoms with Gasteiger partial charge >= 0.3 is 0 Å². The van der Waals surface area contributed by atoms with Gasteiger partial charge in [-0.25, -0.2) is 0 Å². The van der Waals surface area contributed by atoms with E-state index < -0.39 is 0 Å². The van der Waals surface area contributed by atoms with Crippen LogP contribution in [0.5, 0.6) is 0 Å². The van der Waals surface area contributed by atoms with Crippen LogP contribution in [-0.2, 0) is 0 Å². The van der Waals surface area contributed by atoms with Crippen molar-refractivity contribution in [3.05, 3.63) is 77.9 Å². The minimum Gasteiger partial charge on any atom is -0.274 e. The number of carbonyl (C=O) groups excluding carboxylic acids is 2. The monoisotopic (exact) mass is 415 g/mol. The average molecular weight is 416 g/mol. The van der Waals surface area contributed by atoms with Crippen molar-refractivity contribution in [1.29, 1.82) is 0 Å². The fourth-order valence-corrected chi connectivity index (χ4v) is 5.85. The predicted molar refractivity (Wildman–Crippen MR) is 122 cm³/mol. The Bertz CT molecular complexity index is 1070. The maximum atomic E-state index is 12.6. The zero-order valence-corrected chi connectivity index (χ0v) is 17.7. The van der Waals surface area contributed by atoms with Crippen molar-refractivity contribution in [2.45, 2.75) is 30.6 Å².